The van der Waals surface area contributed by atoms with Crippen molar-refractivity contribution in [2.45, 2.75) is 96.8 Å². The van der Waals surface area contributed by atoms with E-state index in [0.717, 1.165) is 24.1 Å². The van der Waals surface area contributed by atoms with E-state index in [4.69, 9.17) is 0 Å². The molecule has 4 heteroatoms. The zero-order valence-corrected chi connectivity index (χ0v) is 18.0. The minimum Gasteiger partial charge on any atom is -0.452 e. The highest BCUT2D eigenvalue weighted by Crippen LogP contribution is 2.14. The number of amides is 1. The Morgan fingerprint density at radius 2 is 1.32 bits per heavy atom. The molecule has 0 fully saturated rings. The molecule has 0 spiro atoms. The predicted octanol–water partition coefficient (Wildman–Crippen LogP) is 7.23. The van der Waals surface area contributed by atoms with Crippen molar-refractivity contribution < 1.29 is 9.53 Å². The van der Waals surface area contributed by atoms with E-state index in [1.54, 1.807) is 0 Å². The minimum absolute atomic E-state index is 0.529. The average Bonchev–Trinajstić information content (AvgIpc) is 2.73. The smallest absolute Gasteiger partial charge is 0.427 e. The van der Waals surface area contributed by atoms with E-state index in [-0.39, 0.29) is 0 Å². The van der Waals surface area contributed by atoms with Crippen molar-refractivity contribution in [1.82, 2.24) is 5.43 Å². The second-order valence-corrected chi connectivity index (χ2v) is 7.52. The van der Waals surface area contributed by atoms with Gasteiger partial charge in [0, 0.05) is 0 Å². The lowest BCUT2D eigenvalue weighted by atomic mass is 10.0. The van der Waals surface area contributed by atoms with Crippen LogP contribution in [0.15, 0.2) is 35.4 Å². The van der Waals surface area contributed by atoms with Crippen LogP contribution in [0.4, 0.5) is 4.79 Å². The van der Waals surface area contributed by atoms with E-state index in [9.17, 15) is 4.79 Å². The Kier molecular flexibility index (Phi) is 14.9. The van der Waals surface area contributed by atoms with Crippen LogP contribution in [0.3, 0.4) is 0 Å². The Morgan fingerprint density at radius 1 is 0.821 bits per heavy atom. The average molecular weight is 389 g/mol. The number of carbonyl (C=O) groups is 1. The molecule has 1 N–H and O–H groups in total. The number of hydrazone groups is 1. The van der Waals surface area contributed by atoms with E-state index >= 15 is 0 Å². The molecule has 0 unspecified atom stereocenters. The number of benzene rings is 1. The zero-order valence-electron chi connectivity index (χ0n) is 18.0. The van der Waals surface area contributed by atoms with Crippen molar-refractivity contribution in [2.24, 2.45) is 5.10 Å². The fraction of sp³-hybridized carbons (Fsp3) is 0.667. The number of carbonyl (C=O) groups excluding carboxylic acids is 1. The summed E-state index contributed by atoms with van der Waals surface area (Å²) in [7, 11) is 1.35. The molecule has 1 rings (SSSR count). The lowest BCUT2D eigenvalue weighted by molar-refractivity contribution is 0.171. The maximum absolute atomic E-state index is 11.3. The Balaban J connectivity index is 2.12. The molecule has 0 heterocycles. The minimum atomic E-state index is -0.529. The molecule has 0 aromatic heterocycles. The predicted molar refractivity (Wildman–Crippen MR) is 119 cm³/mol. The summed E-state index contributed by atoms with van der Waals surface area (Å²) < 4.78 is 4.60. The molecule has 0 radical (unpaired) electrons. The summed E-state index contributed by atoms with van der Waals surface area (Å²) in [6.45, 7) is 2.27. The molecule has 0 saturated heterocycles. The van der Waals surface area contributed by atoms with Crippen LogP contribution in [0.5, 0.6) is 0 Å². The first-order chi connectivity index (χ1) is 13.8. The van der Waals surface area contributed by atoms with Crippen molar-refractivity contribution in [1.29, 1.82) is 0 Å². The summed E-state index contributed by atoms with van der Waals surface area (Å²) in [6, 6.07) is 10.0. The van der Waals surface area contributed by atoms with Crippen LogP contribution >= 0.6 is 0 Å². The SMILES string of the molecule is CCCCCCCCCCCCCCC/C(=N/NC(=O)OC)c1ccccc1. The van der Waals surface area contributed by atoms with Gasteiger partial charge in [-0.05, 0) is 18.4 Å². The molecule has 0 aliphatic rings. The summed E-state index contributed by atoms with van der Waals surface area (Å²) in [5, 5.41) is 4.25. The van der Waals surface area contributed by atoms with Gasteiger partial charge < -0.3 is 4.74 Å². The molecule has 0 saturated carbocycles. The Morgan fingerprint density at radius 3 is 1.82 bits per heavy atom. The summed E-state index contributed by atoms with van der Waals surface area (Å²) in [5.41, 5.74) is 4.42. The van der Waals surface area contributed by atoms with E-state index in [1.165, 1.54) is 84.2 Å². The van der Waals surface area contributed by atoms with Crippen LogP contribution in [0, 0.1) is 0 Å². The lowest BCUT2D eigenvalue weighted by Crippen LogP contribution is -2.19. The number of nitrogens with zero attached hydrogens (tertiary/aromatic N) is 1. The molecular formula is C24H40N2O2. The van der Waals surface area contributed by atoms with Gasteiger partial charge in [-0.2, -0.15) is 5.10 Å². The summed E-state index contributed by atoms with van der Waals surface area (Å²) in [6.07, 6.45) is 17.8. The molecule has 1 aromatic carbocycles. The van der Waals surface area contributed by atoms with Crippen LogP contribution in [0.1, 0.15) is 102 Å². The van der Waals surface area contributed by atoms with Gasteiger partial charge in [-0.15, -0.1) is 0 Å². The maximum atomic E-state index is 11.3. The molecule has 0 atom stereocenters. The molecule has 28 heavy (non-hydrogen) atoms. The third-order valence-corrected chi connectivity index (χ3v) is 5.09. The highest BCUT2D eigenvalue weighted by atomic mass is 16.5. The van der Waals surface area contributed by atoms with Crippen molar-refractivity contribution in [3.8, 4) is 0 Å². The van der Waals surface area contributed by atoms with E-state index in [0.29, 0.717) is 0 Å². The monoisotopic (exact) mass is 388 g/mol. The second kappa shape index (κ2) is 17.3. The van der Waals surface area contributed by atoms with Gasteiger partial charge in [-0.1, -0.05) is 114 Å². The number of hydrogen-bond donors (Lipinski definition) is 1. The molecule has 0 bridgehead atoms. The first-order valence-electron chi connectivity index (χ1n) is 11.2. The van der Waals surface area contributed by atoms with Crippen LogP contribution in [0.2, 0.25) is 0 Å². The first kappa shape index (κ1) is 24.2. The van der Waals surface area contributed by atoms with Gasteiger partial charge in [0.15, 0.2) is 0 Å². The van der Waals surface area contributed by atoms with Gasteiger partial charge in [-0.25, -0.2) is 10.2 Å². The van der Waals surface area contributed by atoms with E-state index < -0.39 is 6.09 Å². The molecule has 4 nitrogen and oxygen atoms in total. The topological polar surface area (TPSA) is 50.7 Å². The largest absolute Gasteiger partial charge is 0.452 e. The standard InChI is InChI=1S/C24H40N2O2/c1-3-4-5-6-7-8-9-10-11-12-13-14-18-21-23(25-26-24(27)28-2)22-19-16-15-17-20-22/h15-17,19-20H,3-14,18,21H2,1-2H3,(H,26,27)/b25-23-. The van der Waals surface area contributed by atoms with Gasteiger partial charge in [0.1, 0.15) is 0 Å². The van der Waals surface area contributed by atoms with Gasteiger partial charge in [-0.3, -0.25) is 0 Å². The van der Waals surface area contributed by atoms with Crippen LogP contribution in [-0.4, -0.2) is 18.9 Å². The number of nitrogens with one attached hydrogen (secondary N) is 1. The van der Waals surface area contributed by atoms with Crippen LogP contribution in [-0.2, 0) is 4.74 Å². The van der Waals surface area contributed by atoms with Gasteiger partial charge in [0.25, 0.3) is 0 Å². The van der Waals surface area contributed by atoms with Crippen molar-refractivity contribution in [3.05, 3.63) is 35.9 Å². The van der Waals surface area contributed by atoms with Crippen LogP contribution in [0.25, 0.3) is 0 Å². The quantitative estimate of drug-likeness (QED) is 0.184. The lowest BCUT2D eigenvalue weighted by Gasteiger charge is -2.07. The fourth-order valence-corrected chi connectivity index (χ4v) is 3.36. The molecular weight excluding hydrogens is 348 g/mol. The van der Waals surface area contributed by atoms with Crippen molar-refractivity contribution in [2.75, 3.05) is 7.11 Å². The normalized spacial score (nSPS) is 11.4. The fourth-order valence-electron chi connectivity index (χ4n) is 3.36. The third-order valence-electron chi connectivity index (χ3n) is 5.09. The highest BCUT2D eigenvalue weighted by molar-refractivity contribution is 6.00. The summed E-state index contributed by atoms with van der Waals surface area (Å²) >= 11 is 0. The first-order valence-corrected chi connectivity index (χ1v) is 11.2. The van der Waals surface area contributed by atoms with Gasteiger partial charge in [0.05, 0.1) is 12.8 Å². The highest BCUT2D eigenvalue weighted by Gasteiger charge is 2.05. The molecule has 1 aromatic rings. The van der Waals surface area contributed by atoms with E-state index in [2.05, 4.69) is 22.2 Å². The molecule has 1 amide bonds. The second-order valence-electron chi connectivity index (χ2n) is 7.52. The third kappa shape index (κ3) is 12.5. The van der Waals surface area contributed by atoms with Gasteiger partial charge in [0.2, 0.25) is 0 Å². The maximum Gasteiger partial charge on any atom is 0.427 e. The van der Waals surface area contributed by atoms with Gasteiger partial charge >= 0.3 is 6.09 Å². The zero-order chi connectivity index (χ0) is 20.3. The Hall–Kier alpha value is -1.84. The number of methoxy groups -OCH3 is 1. The Bertz CT molecular complexity index is 529. The van der Waals surface area contributed by atoms with E-state index in [1.807, 2.05) is 30.3 Å². The van der Waals surface area contributed by atoms with Crippen molar-refractivity contribution in [3.63, 3.8) is 0 Å². The molecule has 0 aliphatic heterocycles. The van der Waals surface area contributed by atoms with Crippen molar-refractivity contribution >= 4 is 11.8 Å². The summed E-state index contributed by atoms with van der Waals surface area (Å²) in [5.74, 6) is 0. The Labute approximate surface area is 172 Å². The number of rotatable bonds is 16. The number of ether oxygens (including phenoxy) is 1. The molecule has 0 aliphatic carbocycles. The summed E-state index contributed by atoms with van der Waals surface area (Å²) in [4.78, 5) is 11.3. The molecule has 158 valence electrons. The van der Waals surface area contributed by atoms with Crippen LogP contribution < -0.4 is 5.43 Å². The number of unbranched alkanes of at least 4 members (excludes halogenated alkanes) is 12. The number of hydrogen-bond acceptors (Lipinski definition) is 3.